The van der Waals surface area contributed by atoms with Gasteiger partial charge in [-0.15, -0.1) is 0 Å². The zero-order valence-corrected chi connectivity index (χ0v) is 13.2. The number of rotatable bonds is 4. The fourth-order valence-electron chi connectivity index (χ4n) is 2.39. The van der Waals surface area contributed by atoms with E-state index in [2.05, 4.69) is 31.0 Å². The summed E-state index contributed by atoms with van der Waals surface area (Å²) in [5.41, 5.74) is -0.00601. The van der Waals surface area contributed by atoms with Crippen LogP contribution in [0.2, 0.25) is 0 Å². The van der Waals surface area contributed by atoms with Crippen molar-refractivity contribution in [3.8, 4) is 0 Å². The van der Waals surface area contributed by atoms with Crippen molar-refractivity contribution in [1.82, 2.24) is 15.1 Å². The van der Waals surface area contributed by atoms with E-state index in [0.717, 1.165) is 6.54 Å². The Balaban J connectivity index is 2.73. The summed E-state index contributed by atoms with van der Waals surface area (Å²) >= 11 is 0. The first-order chi connectivity index (χ1) is 9.27. The van der Waals surface area contributed by atoms with E-state index in [-0.39, 0.29) is 17.4 Å². The summed E-state index contributed by atoms with van der Waals surface area (Å²) in [6.45, 7) is 10.8. The van der Waals surface area contributed by atoms with Gasteiger partial charge in [0.15, 0.2) is 0 Å². The molecule has 2 amide bonds. The van der Waals surface area contributed by atoms with Crippen molar-refractivity contribution in [2.24, 2.45) is 0 Å². The van der Waals surface area contributed by atoms with Crippen molar-refractivity contribution < 1.29 is 14.3 Å². The minimum atomic E-state index is -0.419. The molecule has 6 nitrogen and oxygen atoms in total. The number of hydrogen-bond acceptors (Lipinski definition) is 4. The quantitative estimate of drug-likeness (QED) is 0.743. The van der Waals surface area contributed by atoms with Crippen LogP contribution in [0.3, 0.4) is 0 Å². The van der Waals surface area contributed by atoms with E-state index in [1.807, 2.05) is 0 Å². The normalized spacial score (nSPS) is 20.9. The molecule has 20 heavy (non-hydrogen) atoms. The number of methoxy groups -OCH3 is 1. The largest absolute Gasteiger partial charge is 0.383 e. The number of carbonyl (C=O) groups is 2. The van der Waals surface area contributed by atoms with E-state index < -0.39 is 6.04 Å². The third kappa shape index (κ3) is 4.45. The number of hydrogen-bond donors (Lipinski definition) is 1. The topological polar surface area (TPSA) is 61.9 Å². The summed E-state index contributed by atoms with van der Waals surface area (Å²) in [7, 11) is 1.59. The molecule has 1 unspecified atom stereocenters. The molecule has 0 bridgehead atoms. The van der Waals surface area contributed by atoms with Crippen LogP contribution in [-0.2, 0) is 14.3 Å². The van der Waals surface area contributed by atoms with E-state index in [1.54, 1.807) is 12.0 Å². The van der Waals surface area contributed by atoms with Gasteiger partial charge in [0, 0.05) is 45.8 Å². The van der Waals surface area contributed by atoms with Crippen LogP contribution < -0.4 is 5.32 Å². The predicted molar refractivity (Wildman–Crippen MR) is 77.4 cm³/mol. The van der Waals surface area contributed by atoms with Gasteiger partial charge in [-0.2, -0.15) is 0 Å². The average molecular weight is 285 g/mol. The Labute approximate surface area is 121 Å². The SMILES string of the molecule is COCCNC(=O)C1CN(C(C)(C)C)CCN1C(C)=O. The van der Waals surface area contributed by atoms with Gasteiger partial charge in [0.1, 0.15) is 6.04 Å². The van der Waals surface area contributed by atoms with Crippen molar-refractivity contribution >= 4 is 11.8 Å². The summed E-state index contributed by atoms with van der Waals surface area (Å²) < 4.78 is 4.92. The van der Waals surface area contributed by atoms with Crippen LogP contribution in [0.5, 0.6) is 0 Å². The molecule has 1 rings (SSSR count). The summed E-state index contributed by atoms with van der Waals surface area (Å²) in [4.78, 5) is 27.9. The minimum absolute atomic E-state index is 0.00601. The molecule has 6 heteroatoms. The van der Waals surface area contributed by atoms with Gasteiger partial charge in [0.25, 0.3) is 0 Å². The maximum Gasteiger partial charge on any atom is 0.244 e. The molecular formula is C14H27N3O3. The predicted octanol–water partition coefficient (Wildman–Crippen LogP) is 0.0802. The molecule has 0 radical (unpaired) electrons. The Kier molecular flexibility index (Phi) is 5.95. The molecule has 1 atom stereocenters. The fourth-order valence-corrected chi connectivity index (χ4v) is 2.39. The van der Waals surface area contributed by atoms with Crippen LogP contribution in [0.1, 0.15) is 27.7 Å². The van der Waals surface area contributed by atoms with E-state index in [4.69, 9.17) is 4.74 Å². The molecule has 1 N–H and O–H groups in total. The molecule has 0 aromatic rings. The lowest BCUT2D eigenvalue weighted by Gasteiger charge is -2.45. The van der Waals surface area contributed by atoms with E-state index >= 15 is 0 Å². The molecule has 1 heterocycles. The zero-order chi connectivity index (χ0) is 15.3. The number of nitrogens with zero attached hydrogens (tertiary/aromatic N) is 2. The molecule has 1 fully saturated rings. The van der Waals surface area contributed by atoms with Gasteiger partial charge in [-0.05, 0) is 20.8 Å². The van der Waals surface area contributed by atoms with Gasteiger partial charge < -0.3 is 15.0 Å². The molecule has 0 spiro atoms. The van der Waals surface area contributed by atoms with Gasteiger partial charge in [0.05, 0.1) is 6.61 Å². The number of nitrogens with one attached hydrogen (secondary N) is 1. The highest BCUT2D eigenvalue weighted by Crippen LogP contribution is 2.19. The molecule has 0 saturated carbocycles. The third-order valence-corrected chi connectivity index (χ3v) is 3.64. The maximum atomic E-state index is 12.3. The molecule has 1 saturated heterocycles. The van der Waals surface area contributed by atoms with Crippen LogP contribution in [0.15, 0.2) is 0 Å². The van der Waals surface area contributed by atoms with E-state index in [9.17, 15) is 9.59 Å². The Morgan fingerprint density at radius 1 is 1.30 bits per heavy atom. The van der Waals surface area contributed by atoms with Crippen molar-refractivity contribution in [2.75, 3.05) is 39.9 Å². The smallest absolute Gasteiger partial charge is 0.244 e. The molecule has 116 valence electrons. The van der Waals surface area contributed by atoms with Gasteiger partial charge in [-0.25, -0.2) is 0 Å². The first kappa shape index (κ1) is 16.9. The summed E-state index contributed by atoms with van der Waals surface area (Å²) in [6, 6.07) is -0.419. The van der Waals surface area contributed by atoms with Crippen LogP contribution in [-0.4, -0.2) is 73.1 Å². The van der Waals surface area contributed by atoms with Crippen LogP contribution in [0.25, 0.3) is 0 Å². The second-order valence-electron chi connectivity index (χ2n) is 6.13. The monoisotopic (exact) mass is 285 g/mol. The van der Waals surface area contributed by atoms with Crippen molar-refractivity contribution in [3.63, 3.8) is 0 Å². The Morgan fingerprint density at radius 2 is 1.95 bits per heavy atom. The number of ether oxygens (including phenoxy) is 1. The molecule has 0 aromatic carbocycles. The average Bonchev–Trinajstić information content (AvgIpc) is 2.37. The summed E-state index contributed by atoms with van der Waals surface area (Å²) in [5, 5.41) is 2.83. The van der Waals surface area contributed by atoms with Crippen LogP contribution >= 0.6 is 0 Å². The highest BCUT2D eigenvalue weighted by molar-refractivity contribution is 5.87. The Morgan fingerprint density at radius 3 is 2.45 bits per heavy atom. The first-order valence-corrected chi connectivity index (χ1v) is 7.06. The summed E-state index contributed by atoms with van der Waals surface area (Å²) in [6.07, 6.45) is 0. The van der Waals surface area contributed by atoms with Crippen molar-refractivity contribution in [2.45, 2.75) is 39.3 Å². The maximum absolute atomic E-state index is 12.3. The molecular weight excluding hydrogens is 258 g/mol. The Bertz CT molecular complexity index is 352. The Hall–Kier alpha value is -1.14. The number of carbonyl (C=O) groups excluding carboxylic acids is 2. The minimum Gasteiger partial charge on any atom is -0.383 e. The van der Waals surface area contributed by atoms with E-state index in [0.29, 0.717) is 26.2 Å². The standard InChI is InChI=1S/C14H27N3O3/c1-11(18)17-8-7-16(14(2,3)4)10-12(17)13(19)15-6-9-20-5/h12H,6-10H2,1-5H3,(H,15,19). The number of piperazine rings is 1. The van der Waals surface area contributed by atoms with Crippen LogP contribution in [0, 0.1) is 0 Å². The van der Waals surface area contributed by atoms with Crippen LogP contribution in [0.4, 0.5) is 0 Å². The van der Waals surface area contributed by atoms with Crippen molar-refractivity contribution in [3.05, 3.63) is 0 Å². The van der Waals surface area contributed by atoms with E-state index in [1.165, 1.54) is 6.92 Å². The van der Waals surface area contributed by atoms with Crippen molar-refractivity contribution in [1.29, 1.82) is 0 Å². The highest BCUT2D eigenvalue weighted by atomic mass is 16.5. The van der Waals surface area contributed by atoms with Gasteiger partial charge in [-0.3, -0.25) is 14.5 Å². The first-order valence-electron chi connectivity index (χ1n) is 7.06. The second-order valence-corrected chi connectivity index (χ2v) is 6.13. The number of amides is 2. The molecule has 0 aromatic heterocycles. The summed E-state index contributed by atoms with van der Waals surface area (Å²) in [5.74, 6) is -0.156. The molecule has 1 aliphatic rings. The zero-order valence-electron chi connectivity index (χ0n) is 13.2. The van der Waals surface area contributed by atoms with Gasteiger partial charge in [-0.1, -0.05) is 0 Å². The lowest BCUT2D eigenvalue weighted by molar-refractivity contribution is -0.144. The second kappa shape index (κ2) is 7.04. The lowest BCUT2D eigenvalue weighted by atomic mass is 10.0. The molecule has 0 aliphatic carbocycles. The third-order valence-electron chi connectivity index (χ3n) is 3.64. The van der Waals surface area contributed by atoms with Gasteiger partial charge in [0.2, 0.25) is 11.8 Å². The van der Waals surface area contributed by atoms with Gasteiger partial charge >= 0.3 is 0 Å². The fraction of sp³-hybridized carbons (Fsp3) is 0.857. The lowest BCUT2D eigenvalue weighted by Crippen LogP contribution is -2.63. The highest BCUT2D eigenvalue weighted by Gasteiger charge is 2.37. The molecule has 1 aliphatic heterocycles.